The Morgan fingerprint density at radius 2 is 2.50 bits per heavy atom. The molecule has 4 N–H and O–H groups in total. The molecule has 1 heterocycles. The number of anilines is 1. The van der Waals surface area contributed by atoms with Gasteiger partial charge in [0.1, 0.15) is 0 Å². The van der Waals surface area contributed by atoms with Gasteiger partial charge in [-0.15, -0.1) is 0 Å². The van der Waals surface area contributed by atoms with Crippen LogP contribution in [-0.4, -0.2) is 22.1 Å². The lowest BCUT2D eigenvalue weighted by Gasteiger charge is -2.08. The van der Waals surface area contributed by atoms with Crippen LogP contribution in [0.5, 0.6) is 0 Å². The summed E-state index contributed by atoms with van der Waals surface area (Å²) >= 11 is 0. The Kier molecular flexibility index (Phi) is 3.24. The number of H-pyrrole nitrogens is 1. The zero-order valence-electron chi connectivity index (χ0n) is 9.49. The molecule has 16 heavy (non-hydrogen) atoms. The smallest absolute Gasteiger partial charge is 0.228 e. The summed E-state index contributed by atoms with van der Waals surface area (Å²) in [6.07, 6.45) is 3.50. The molecule has 0 aromatic carbocycles. The number of rotatable bonds is 3. The molecule has 88 valence electrons. The van der Waals surface area contributed by atoms with E-state index in [9.17, 15) is 4.79 Å². The van der Waals surface area contributed by atoms with E-state index in [0.717, 1.165) is 31.4 Å². The highest BCUT2D eigenvalue weighted by Gasteiger charge is 2.27. The summed E-state index contributed by atoms with van der Waals surface area (Å²) in [6, 6.07) is 2.05. The van der Waals surface area contributed by atoms with Crippen molar-refractivity contribution in [3.05, 3.63) is 11.8 Å². The number of nitrogens with zero attached hydrogens (tertiary/aromatic N) is 1. The van der Waals surface area contributed by atoms with Gasteiger partial charge in [0.2, 0.25) is 5.91 Å². The number of nitrogens with one attached hydrogen (secondary N) is 2. The van der Waals surface area contributed by atoms with E-state index in [4.69, 9.17) is 5.73 Å². The van der Waals surface area contributed by atoms with E-state index >= 15 is 0 Å². The molecule has 0 spiro atoms. The van der Waals surface area contributed by atoms with Crippen LogP contribution in [0, 0.1) is 5.92 Å². The highest BCUT2D eigenvalue weighted by molar-refractivity contribution is 5.91. The van der Waals surface area contributed by atoms with Crippen LogP contribution in [0.3, 0.4) is 0 Å². The van der Waals surface area contributed by atoms with Crippen molar-refractivity contribution in [1.29, 1.82) is 0 Å². The predicted octanol–water partition coefficient (Wildman–Crippen LogP) is 1.04. The lowest BCUT2D eigenvalue weighted by molar-refractivity contribution is -0.119. The molecule has 2 rings (SSSR count). The number of hydrogen-bond donors (Lipinski definition) is 3. The van der Waals surface area contributed by atoms with E-state index in [0.29, 0.717) is 5.82 Å². The third-order valence-electron chi connectivity index (χ3n) is 3.11. The fourth-order valence-corrected chi connectivity index (χ4v) is 2.09. The zero-order valence-corrected chi connectivity index (χ0v) is 9.49. The average Bonchev–Trinajstić information content (AvgIpc) is 2.87. The second-order valence-corrected chi connectivity index (χ2v) is 4.39. The van der Waals surface area contributed by atoms with Crippen molar-refractivity contribution < 1.29 is 4.79 Å². The first-order chi connectivity index (χ1) is 7.69. The third-order valence-corrected chi connectivity index (χ3v) is 3.11. The number of aromatic amines is 1. The summed E-state index contributed by atoms with van der Waals surface area (Å²) in [5.41, 5.74) is 6.81. The molecular formula is C11H18N4O. The predicted molar refractivity (Wildman–Crippen MR) is 61.9 cm³/mol. The Morgan fingerprint density at radius 1 is 1.69 bits per heavy atom. The summed E-state index contributed by atoms with van der Waals surface area (Å²) in [7, 11) is 0. The SMILES string of the molecule is CCc1cc(NC(=O)C2CCC(N)C2)n[nH]1. The molecule has 1 aromatic rings. The van der Waals surface area contributed by atoms with Gasteiger partial charge in [-0.1, -0.05) is 6.92 Å². The molecule has 1 fully saturated rings. The highest BCUT2D eigenvalue weighted by Crippen LogP contribution is 2.25. The van der Waals surface area contributed by atoms with Crippen molar-refractivity contribution in [2.24, 2.45) is 11.7 Å². The van der Waals surface area contributed by atoms with Crippen LogP contribution in [0.2, 0.25) is 0 Å². The van der Waals surface area contributed by atoms with Crippen molar-refractivity contribution in [2.45, 2.75) is 38.6 Å². The van der Waals surface area contributed by atoms with Crippen LogP contribution in [0.4, 0.5) is 5.82 Å². The van der Waals surface area contributed by atoms with E-state index in [-0.39, 0.29) is 17.9 Å². The quantitative estimate of drug-likeness (QED) is 0.714. The van der Waals surface area contributed by atoms with Crippen molar-refractivity contribution in [3.63, 3.8) is 0 Å². The Labute approximate surface area is 94.8 Å². The van der Waals surface area contributed by atoms with Gasteiger partial charge in [-0.3, -0.25) is 9.89 Å². The Balaban J connectivity index is 1.91. The standard InChI is InChI=1S/C11H18N4O/c1-2-9-6-10(15-14-9)13-11(16)7-3-4-8(12)5-7/h6-8H,2-5,12H2,1H3,(H2,13,14,15,16). The summed E-state index contributed by atoms with van der Waals surface area (Å²) in [6.45, 7) is 2.04. The van der Waals surface area contributed by atoms with Gasteiger partial charge < -0.3 is 11.1 Å². The number of carbonyl (C=O) groups is 1. The minimum Gasteiger partial charge on any atom is -0.328 e. The van der Waals surface area contributed by atoms with Crippen LogP contribution in [0.1, 0.15) is 31.9 Å². The van der Waals surface area contributed by atoms with Gasteiger partial charge in [0.15, 0.2) is 5.82 Å². The van der Waals surface area contributed by atoms with Gasteiger partial charge in [-0.2, -0.15) is 5.10 Å². The van der Waals surface area contributed by atoms with Crippen LogP contribution in [-0.2, 0) is 11.2 Å². The Hall–Kier alpha value is -1.36. The van der Waals surface area contributed by atoms with Gasteiger partial charge in [-0.25, -0.2) is 0 Å². The summed E-state index contributed by atoms with van der Waals surface area (Å²) in [4.78, 5) is 11.8. The molecule has 1 aliphatic carbocycles. The van der Waals surface area contributed by atoms with E-state index in [1.165, 1.54) is 0 Å². The average molecular weight is 222 g/mol. The first-order valence-electron chi connectivity index (χ1n) is 5.79. The molecule has 1 saturated carbocycles. The van der Waals surface area contributed by atoms with Crippen LogP contribution in [0.15, 0.2) is 6.07 Å². The van der Waals surface area contributed by atoms with Gasteiger partial charge in [0, 0.05) is 23.7 Å². The number of aryl methyl sites for hydroxylation is 1. The summed E-state index contributed by atoms with van der Waals surface area (Å²) < 4.78 is 0. The minimum atomic E-state index is 0.0436. The van der Waals surface area contributed by atoms with Crippen molar-refractivity contribution in [2.75, 3.05) is 5.32 Å². The normalized spacial score (nSPS) is 24.6. The van der Waals surface area contributed by atoms with Crippen LogP contribution in [0.25, 0.3) is 0 Å². The third kappa shape index (κ3) is 2.41. The molecule has 5 heteroatoms. The minimum absolute atomic E-state index is 0.0436. The first kappa shape index (κ1) is 11.1. The zero-order chi connectivity index (χ0) is 11.5. The van der Waals surface area contributed by atoms with Gasteiger partial charge >= 0.3 is 0 Å². The largest absolute Gasteiger partial charge is 0.328 e. The molecule has 2 unspecified atom stereocenters. The molecule has 1 aliphatic rings. The monoisotopic (exact) mass is 222 g/mol. The maximum Gasteiger partial charge on any atom is 0.228 e. The molecule has 0 radical (unpaired) electrons. The fraction of sp³-hybridized carbons (Fsp3) is 0.636. The highest BCUT2D eigenvalue weighted by atomic mass is 16.2. The molecule has 2 atom stereocenters. The number of nitrogens with two attached hydrogens (primary N) is 1. The number of carbonyl (C=O) groups excluding carboxylic acids is 1. The molecule has 5 nitrogen and oxygen atoms in total. The van der Waals surface area contributed by atoms with Crippen LogP contribution >= 0.6 is 0 Å². The molecule has 1 amide bonds. The van der Waals surface area contributed by atoms with Gasteiger partial charge in [0.05, 0.1) is 0 Å². The van der Waals surface area contributed by atoms with Gasteiger partial charge in [0.25, 0.3) is 0 Å². The second-order valence-electron chi connectivity index (χ2n) is 4.39. The van der Waals surface area contributed by atoms with E-state index in [1.54, 1.807) is 0 Å². The second kappa shape index (κ2) is 4.65. The molecule has 0 saturated heterocycles. The molecular weight excluding hydrogens is 204 g/mol. The van der Waals surface area contributed by atoms with E-state index < -0.39 is 0 Å². The number of amides is 1. The van der Waals surface area contributed by atoms with E-state index in [2.05, 4.69) is 15.5 Å². The maximum atomic E-state index is 11.8. The lowest BCUT2D eigenvalue weighted by atomic mass is 10.1. The maximum absolute atomic E-state index is 11.8. The lowest BCUT2D eigenvalue weighted by Crippen LogP contribution is -2.23. The number of hydrogen-bond acceptors (Lipinski definition) is 3. The van der Waals surface area contributed by atoms with Crippen LogP contribution < -0.4 is 11.1 Å². The van der Waals surface area contributed by atoms with Gasteiger partial charge in [-0.05, 0) is 25.7 Å². The molecule has 1 aromatic heterocycles. The Bertz CT molecular complexity index is 374. The van der Waals surface area contributed by atoms with Crippen molar-refractivity contribution >= 4 is 11.7 Å². The van der Waals surface area contributed by atoms with Crippen molar-refractivity contribution in [3.8, 4) is 0 Å². The van der Waals surface area contributed by atoms with Crippen molar-refractivity contribution in [1.82, 2.24) is 10.2 Å². The summed E-state index contributed by atoms with van der Waals surface area (Å²) in [5, 5.41) is 9.72. The number of aromatic nitrogens is 2. The molecule has 0 aliphatic heterocycles. The summed E-state index contributed by atoms with van der Waals surface area (Å²) in [5.74, 6) is 0.709. The first-order valence-corrected chi connectivity index (χ1v) is 5.79. The fourth-order valence-electron chi connectivity index (χ4n) is 2.09. The molecule has 0 bridgehead atoms. The topological polar surface area (TPSA) is 83.8 Å². The Morgan fingerprint density at radius 3 is 3.06 bits per heavy atom. The van der Waals surface area contributed by atoms with E-state index in [1.807, 2.05) is 13.0 Å².